The minimum atomic E-state index is -1.19. The molecule has 8 heteroatoms. The number of urea groups is 1. The van der Waals surface area contributed by atoms with Gasteiger partial charge in [-0.3, -0.25) is 14.9 Å². The molecule has 0 unspecified atom stereocenters. The van der Waals surface area contributed by atoms with Crippen molar-refractivity contribution in [2.75, 3.05) is 17.4 Å². The molecule has 1 fully saturated rings. The highest BCUT2D eigenvalue weighted by atomic mass is 16.5. The van der Waals surface area contributed by atoms with Crippen LogP contribution in [0.4, 0.5) is 16.2 Å². The molecule has 1 heterocycles. The Morgan fingerprint density at radius 2 is 1.75 bits per heavy atom. The third kappa shape index (κ3) is 3.80. The number of ether oxygens (including phenoxy) is 1. The summed E-state index contributed by atoms with van der Waals surface area (Å²) < 4.78 is 5.09. The smallest absolute Gasteiger partial charge is 0.335 e. The molecular formula is C20H20N4O4. The number of hydrazine groups is 1. The number of benzene rings is 2. The predicted octanol–water partition coefficient (Wildman–Crippen LogP) is 2.41. The summed E-state index contributed by atoms with van der Waals surface area (Å²) in [4.78, 5) is 38.6. The number of hydrogen-bond acceptors (Lipinski definition) is 6. The molecule has 2 aromatic carbocycles. The molecular weight excluding hydrogens is 360 g/mol. The quantitative estimate of drug-likeness (QED) is 0.526. The number of nitrogens with zero attached hydrogens (tertiary/aromatic N) is 1. The number of allylic oxidation sites excluding steroid dienone is 1. The number of methoxy groups -OCH3 is 1. The maximum atomic E-state index is 13.0. The van der Waals surface area contributed by atoms with Gasteiger partial charge >= 0.3 is 6.03 Å². The van der Waals surface area contributed by atoms with Crippen LogP contribution in [0.15, 0.2) is 66.4 Å². The van der Waals surface area contributed by atoms with E-state index in [1.807, 2.05) is 30.3 Å². The normalized spacial score (nSPS) is 17.2. The number of carbonyl (C=O) groups is 3. The summed E-state index contributed by atoms with van der Waals surface area (Å²) >= 11 is 0. The van der Waals surface area contributed by atoms with E-state index in [1.165, 1.54) is 7.11 Å². The van der Waals surface area contributed by atoms with Crippen LogP contribution >= 0.6 is 0 Å². The fraction of sp³-hybridized carbons (Fsp3) is 0.150. The predicted molar refractivity (Wildman–Crippen MR) is 104 cm³/mol. The molecule has 1 saturated heterocycles. The van der Waals surface area contributed by atoms with E-state index in [2.05, 4.69) is 16.2 Å². The van der Waals surface area contributed by atoms with Crippen LogP contribution in [-0.2, 0) is 9.59 Å². The van der Waals surface area contributed by atoms with Crippen LogP contribution in [0.25, 0.3) is 0 Å². The second kappa shape index (κ2) is 8.26. The molecule has 8 nitrogen and oxygen atoms in total. The Hall–Kier alpha value is -3.81. The van der Waals surface area contributed by atoms with Gasteiger partial charge in [0.05, 0.1) is 18.5 Å². The van der Waals surface area contributed by atoms with Crippen LogP contribution in [0.5, 0.6) is 5.75 Å². The van der Waals surface area contributed by atoms with Crippen molar-refractivity contribution < 1.29 is 19.1 Å². The summed E-state index contributed by atoms with van der Waals surface area (Å²) in [5.41, 5.74) is 7.27. The maximum absolute atomic E-state index is 13.0. The largest absolute Gasteiger partial charge is 0.497 e. The third-order valence-corrected chi connectivity index (χ3v) is 4.24. The molecule has 0 saturated carbocycles. The van der Waals surface area contributed by atoms with Gasteiger partial charge in [0.1, 0.15) is 5.75 Å². The Bertz CT molecular complexity index is 910. The fourth-order valence-corrected chi connectivity index (χ4v) is 2.80. The van der Waals surface area contributed by atoms with Gasteiger partial charge < -0.3 is 15.6 Å². The van der Waals surface area contributed by atoms with E-state index in [1.54, 1.807) is 37.3 Å². The van der Waals surface area contributed by atoms with E-state index in [-0.39, 0.29) is 0 Å². The summed E-state index contributed by atoms with van der Waals surface area (Å²) in [6, 6.07) is 14.9. The number of amides is 4. The number of carbonyl (C=O) groups excluding carboxylic acids is 3. The van der Waals surface area contributed by atoms with Gasteiger partial charge in [-0.2, -0.15) is 0 Å². The van der Waals surface area contributed by atoms with Crippen molar-refractivity contribution in [3.63, 3.8) is 0 Å². The van der Waals surface area contributed by atoms with Crippen molar-refractivity contribution in [3.05, 3.63) is 66.4 Å². The van der Waals surface area contributed by atoms with Crippen LogP contribution in [-0.4, -0.2) is 25.0 Å². The Morgan fingerprint density at radius 3 is 2.36 bits per heavy atom. The lowest BCUT2D eigenvalue weighted by atomic mass is 10.00. The van der Waals surface area contributed by atoms with Crippen molar-refractivity contribution in [2.24, 2.45) is 5.92 Å². The highest BCUT2D eigenvalue weighted by Crippen LogP contribution is 2.25. The Kier molecular flexibility index (Phi) is 5.59. The highest BCUT2D eigenvalue weighted by Gasteiger charge is 2.43. The number of barbiturate groups is 1. The average Bonchev–Trinajstić information content (AvgIpc) is 2.71. The number of hydrogen-bond donors (Lipinski definition) is 3. The van der Waals surface area contributed by atoms with Crippen LogP contribution in [0, 0.1) is 5.92 Å². The third-order valence-electron chi connectivity index (χ3n) is 4.24. The van der Waals surface area contributed by atoms with Crippen LogP contribution in [0.3, 0.4) is 0 Å². The van der Waals surface area contributed by atoms with Gasteiger partial charge in [0.2, 0.25) is 5.91 Å². The van der Waals surface area contributed by atoms with Gasteiger partial charge in [-0.15, -0.1) is 0 Å². The molecule has 4 amide bonds. The number of rotatable bonds is 6. The second-order valence-electron chi connectivity index (χ2n) is 5.96. The zero-order valence-corrected chi connectivity index (χ0v) is 15.4. The Morgan fingerprint density at radius 1 is 1.07 bits per heavy atom. The first kappa shape index (κ1) is 19.0. The number of anilines is 2. The first-order valence-corrected chi connectivity index (χ1v) is 8.61. The van der Waals surface area contributed by atoms with Gasteiger partial charge in [-0.05, 0) is 43.3 Å². The van der Waals surface area contributed by atoms with Crippen LogP contribution in [0.1, 0.15) is 6.92 Å². The summed E-state index contributed by atoms with van der Waals surface area (Å²) in [7, 11) is 1.52. The number of para-hydroxylation sites is 1. The van der Waals surface area contributed by atoms with Gasteiger partial charge in [0, 0.05) is 5.70 Å². The fourth-order valence-electron chi connectivity index (χ4n) is 2.80. The summed E-state index contributed by atoms with van der Waals surface area (Å²) in [5, 5.41) is 2.24. The van der Waals surface area contributed by atoms with E-state index < -0.39 is 23.8 Å². The molecule has 2 aromatic rings. The van der Waals surface area contributed by atoms with E-state index in [9.17, 15) is 14.4 Å². The standard InChI is InChI=1S/C20H20N4O4/c1-3-16(23-22-13-7-5-4-6-8-13)17-18(25)21-20(27)24(19(17)26)14-9-11-15(28-2)12-10-14/h3-12,17,22-23H,1-2H3,(H,21,25,27)/b16-3+/t17-/m1/s1. The number of imide groups is 2. The zero-order valence-electron chi connectivity index (χ0n) is 15.4. The van der Waals surface area contributed by atoms with Gasteiger partial charge in [0.25, 0.3) is 5.91 Å². The molecule has 0 radical (unpaired) electrons. The van der Waals surface area contributed by atoms with E-state index in [0.717, 1.165) is 10.6 Å². The molecule has 0 bridgehead atoms. The summed E-state index contributed by atoms with van der Waals surface area (Å²) in [6.45, 7) is 1.70. The minimum Gasteiger partial charge on any atom is -0.497 e. The summed E-state index contributed by atoms with van der Waals surface area (Å²) in [5.74, 6) is -1.94. The van der Waals surface area contributed by atoms with Crippen molar-refractivity contribution in [2.45, 2.75) is 6.92 Å². The van der Waals surface area contributed by atoms with E-state index >= 15 is 0 Å². The Labute approximate surface area is 162 Å². The van der Waals surface area contributed by atoms with Gasteiger partial charge in [-0.25, -0.2) is 9.69 Å². The molecule has 0 aromatic heterocycles. The molecule has 3 rings (SSSR count). The maximum Gasteiger partial charge on any atom is 0.335 e. The lowest BCUT2D eigenvalue weighted by Gasteiger charge is -2.31. The number of nitrogens with one attached hydrogen (secondary N) is 3. The molecule has 0 spiro atoms. The van der Waals surface area contributed by atoms with Gasteiger partial charge in [-0.1, -0.05) is 24.3 Å². The molecule has 1 atom stereocenters. The minimum absolute atomic E-state index is 0.331. The van der Waals surface area contributed by atoms with E-state index in [4.69, 9.17) is 4.74 Å². The van der Waals surface area contributed by atoms with Crippen molar-refractivity contribution in [3.8, 4) is 5.75 Å². The highest BCUT2D eigenvalue weighted by molar-refractivity contribution is 6.28. The van der Waals surface area contributed by atoms with Crippen molar-refractivity contribution >= 4 is 29.2 Å². The van der Waals surface area contributed by atoms with Crippen LogP contribution < -0.4 is 25.8 Å². The molecule has 1 aliphatic heterocycles. The van der Waals surface area contributed by atoms with E-state index in [0.29, 0.717) is 17.1 Å². The lowest BCUT2D eigenvalue weighted by Crippen LogP contribution is -2.59. The first-order chi connectivity index (χ1) is 13.5. The molecule has 1 aliphatic rings. The topological polar surface area (TPSA) is 99.8 Å². The average molecular weight is 380 g/mol. The first-order valence-electron chi connectivity index (χ1n) is 8.61. The molecule has 0 aliphatic carbocycles. The Balaban J connectivity index is 1.83. The van der Waals surface area contributed by atoms with Crippen molar-refractivity contribution in [1.29, 1.82) is 0 Å². The van der Waals surface area contributed by atoms with Gasteiger partial charge in [0.15, 0.2) is 5.92 Å². The lowest BCUT2D eigenvalue weighted by molar-refractivity contribution is -0.132. The molecule has 3 N–H and O–H groups in total. The zero-order chi connectivity index (χ0) is 20.1. The molecule has 144 valence electrons. The van der Waals surface area contributed by atoms with Crippen LogP contribution in [0.2, 0.25) is 0 Å². The monoisotopic (exact) mass is 380 g/mol. The summed E-state index contributed by atoms with van der Waals surface area (Å²) in [6.07, 6.45) is 1.61. The van der Waals surface area contributed by atoms with Crippen molar-refractivity contribution in [1.82, 2.24) is 10.7 Å². The molecule has 28 heavy (non-hydrogen) atoms. The SMILES string of the molecule is C/C=C(/NNc1ccccc1)[C@@H]1C(=O)NC(=O)N(c2ccc(OC)cc2)C1=O. The second-order valence-corrected chi connectivity index (χ2v) is 5.96.